The molecular formula is C14H18N2O10. The molecule has 0 fully saturated rings. The summed E-state index contributed by atoms with van der Waals surface area (Å²) >= 11 is 0. The Kier molecular flexibility index (Phi) is 9.84. The zero-order valence-corrected chi connectivity index (χ0v) is 13.4. The molecule has 0 spiro atoms. The van der Waals surface area contributed by atoms with Crippen molar-refractivity contribution in [3.05, 3.63) is 0 Å². The third-order valence-electron chi connectivity index (χ3n) is 3.06. The van der Waals surface area contributed by atoms with Crippen molar-refractivity contribution in [1.29, 1.82) is 0 Å². The number of hydrogen-bond acceptors (Lipinski definition) is 7. The first kappa shape index (κ1) is 22.7. The first-order valence-corrected chi connectivity index (χ1v) is 7.25. The molecule has 0 bridgehead atoms. The Morgan fingerprint density at radius 3 is 1.77 bits per heavy atom. The van der Waals surface area contributed by atoms with Gasteiger partial charge in [0.15, 0.2) is 0 Å². The van der Waals surface area contributed by atoms with Crippen LogP contribution >= 0.6 is 0 Å². The maximum absolute atomic E-state index is 12.0. The van der Waals surface area contributed by atoms with Crippen LogP contribution in [0.2, 0.25) is 0 Å². The molecular weight excluding hydrogens is 356 g/mol. The lowest BCUT2D eigenvalue weighted by Crippen LogP contribution is -2.53. The van der Waals surface area contributed by atoms with E-state index in [1.807, 2.05) is 10.6 Å². The number of amides is 2. The summed E-state index contributed by atoms with van der Waals surface area (Å²) in [7, 11) is 0. The maximum Gasteiger partial charge on any atom is 0.326 e. The fourth-order valence-electron chi connectivity index (χ4n) is 1.83. The van der Waals surface area contributed by atoms with Gasteiger partial charge in [0.2, 0.25) is 11.8 Å². The molecule has 0 rings (SSSR count). The summed E-state index contributed by atoms with van der Waals surface area (Å²) in [4.78, 5) is 77.3. The summed E-state index contributed by atoms with van der Waals surface area (Å²) in [5.41, 5.74) is 0. The average molecular weight is 374 g/mol. The number of nitrogens with one attached hydrogen (secondary N) is 2. The van der Waals surface area contributed by atoms with Crippen LogP contribution in [-0.4, -0.2) is 69.7 Å². The van der Waals surface area contributed by atoms with Gasteiger partial charge in [0.05, 0.1) is 12.8 Å². The molecule has 12 nitrogen and oxygen atoms in total. The molecule has 0 heterocycles. The van der Waals surface area contributed by atoms with Crippen LogP contribution in [0.4, 0.5) is 0 Å². The molecule has 5 N–H and O–H groups in total. The highest BCUT2D eigenvalue weighted by Crippen LogP contribution is 2.05. The van der Waals surface area contributed by atoms with Crippen LogP contribution in [0.3, 0.4) is 0 Å². The minimum atomic E-state index is -1.83. The van der Waals surface area contributed by atoms with E-state index in [0.29, 0.717) is 12.6 Å². The number of carbonyl (C=O) groups excluding carboxylic acids is 4. The number of carbonyl (C=O) groups is 7. The SMILES string of the molecule is O=CCC(C=O)CC(=O)NC(CC(=O)O)C(=O)NC(CC(=O)O)C(=O)O. The summed E-state index contributed by atoms with van der Waals surface area (Å²) in [6, 6.07) is -3.52. The summed E-state index contributed by atoms with van der Waals surface area (Å²) in [6.45, 7) is 0. The van der Waals surface area contributed by atoms with Gasteiger partial charge >= 0.3 is 17.9 Å². The molecule has 3 atom stereocenters. The van der Waals surface area contributed by atoms with Gasteiger partial charge in [-0.15, -0.1) is 0 Å². The van der Waals surface area contributed by atoms with Gasteiger partial charge in [0.1, 0.15) is 24.7 Å². The lowest BCUT2D eigenvalue weighted by atomic mass is 10.0. The third-order valence-corrected chi connectivity index (χ3v) is 3.06. The van der Waals surface area contributed by atoms with Gasteiger partial charge in [-0.1, -0.05) is 0 Å². The Labute approximate surface area is 146 Å². The van der Waals surface area contributed by atoms with Crippen molar-refractivity contribution < 1.29 is 48.9 Å². The number of carboxylic acid groups (broad SMARTS) is 3. The van der Waals surface area contributed by atoms with Crippen molar-refractivity contribution in [1.82, 2.24) is 10.6 Å². The zero-order chi connectivity index (χ0) is 20.3. The van der Waals surface area contributed by atoms with Crippen LogP contribution < -0.4 is 10.6 Å². The van der Waals surface area contributed by atoms with Gasteiger partial charge in [0.25, 0.3) is 0 Å². The molecule has 3 unspecified atom stereocenters. The Morgan fingerprint density at radius 2 is 1.35 bits per heavy atom. The minimum Gasteiger partial charge on any atom is -0.481 e. The van der Waals surface area contributed by atoms with E-state index in [4.69, 9.17) is 15.3 Å². The van der Waals surface area contributed by atoms with Crippen molar-refractivity contribution in [2.45, 2.75) is 37.8 Å². The van der Waals surface area contributed by atoms with Gasteiger partial charge in [0, 0.05) is 18.8 Å². The number of carboxylic acids is 3. The fraction of sp³-hybridized carbons (Fsp3) is 0.500. The highest BCUT2D eigenvalue weighted by Gasteiger charge is 2.30. The van der Waals surface area contributed by atoms with Gasteiger partial charge in [-0.25, -0.2) is 4.79 Å². The largest absolute Gasteiger partial charge is 0.481 e. The molecule has 0 aromatic heterocycles. The molecule has 0 aliphatic rings. The molecule has 0 aromatic rings. The minimum absolute atomic E-state index is 0.244. The molecule has 0 saturated carbocycles. The molecule has 0 aliphatic carbocycles. The van der Waals surface area contributed by atoms with Crippen molar-refractivity contribution >= 4 is 42.3 Å². The predicted octanol–water partition coefficient (Wildman–Crippen LogP) is -2.22. The molecule has 2 amide bonds. The van der Waals surface area contributed by atoms with Crippen LogP contribution in [0.25, 0.3) is 0 Å². The lowest BCUT2D eigenvalue weighted by molar-refractivity contribution is -0.148. The Hall–Kier alpha value is -3.31. The molecule has 0 saturated heterocycles. The van der Waals surface area contributed by atoms with Crippen molar-refractivity contribution in [2.24, 2.45) is 5.92 Å². The summed E-state index contributed by atoms with van der Waals surface area (Å²) in [6.07, 6.45) is -1.82. The van der Waals surface area contributed by atoms with E-state index < -0.39 is 67.0 Å². The second-order valence-corrected chi connectivity index (χ2v) is 5.22. The van der Waals surface area contributed by atoms with Crippen LogP contribution in [0.15, 0.2) is 0 Å². The van der Waals surface area contributed by atoms with Gasteiger partial charge in [-0.3, -0.25) is 19.2 Å². The second kappa shape index (κ2) is 11.3. The molecule has 0 aliphatic heterocycles. The number of aliphatic carboxylic acids is 3. The number of rotatable bonds is 13. The fourth-order valence-corrected chi connectivity index (χ4v) is 1.83. The number of aldehydes is 2. The van der Waals surface area contributed by atoms with Gasteiger partial charge in [-0.05, 0) is 0 Å². The average Bonchev–Trinajstić information content (AvgIpc) is 2.51. The van der Waals surface area contributed by atoms with E-state index in [-0.39, 0.29) is 6.42 Å². The standard InChI is InChI=1S/C14H18N2O10/c17-2-1-7(6-18)3-10(19)15-8(4-11(20)21)13(24)16-9(14(25)26)5-12(22)23/h2,6-9H,1,3-5H2,(H,15,19)(H,16,24)(H,20,21)(H,22,23)(H,25,26). The predicted molar refractivity (Wildman–Crippen MR) is 80.9 cm³/mol. The van der Waals surface area contributed by atoms with E-state index in [1.54, 1.807) is 0 Å². The maximum atomic E-state index is 12.0. The van der Waals surface area contributed by atoms with E-state index >= 15 is 0 Å². The Morgan fingerprint density at radius 1 is 0.808 bits per heavy atom. The quantitative estimate of drug-likeness (QED) is 0.220. The van der Waals surface area contributed by atoms with E-state index in [1.165, 1.54) is 0 Å². The summed E-state index contributed by atoms with van der Waals surface area (Å²) in [5, 5.41) is 30.1. The smallest absolute Gasteiger partial charge is 0.326 e. The monoisotopic (exact) mass is 374 g/mol. The summed E-state index contributed by atoms with van der Waals surface area (Å²) < 4.78 is 0. The summed E-state index contributed by atoms with van der Waals surface area (Å²) in [5.74, 6) is -7.74. The lowest BCUT2D eigenvalue weighted by Gasteiger charge is -2.20. The molecule has 26 heavy (non-hydrogen) atoms. The number of hydrogen-bond donors (Lipinski definition) is 5. The van der Waals surface area contributed by atoms with Crippen molar-refractivity contribution in [3.8, 4) is 0 Å². The van der Waals surface area contributed by atoms with E-state index in [0.717, 1.165) is 0 Å². The zero-order valence-electron chi connectivity index (χ0n) is 13.4. The van der Waals surface area contributed by atoms with E-state index in [9.17, 15) is 33.6 Å². The Bertz CT molecular complexity index is 588. The first-order chi connectivity index (χ1) is 12.1. The highest BCUT2D eigenvalue weighted by molar-refractivity contribution is 5.94. The van der Waals surface area contributed by atoms with Crippen LogP contribution in [0.1, 0.15) is 25.7 Å². The Balaban J connectivity index is 5.07. The van der Waals surface area contributed by atoms with E-state index in [2.05, 4.69) is 0 Å². The molecule has 12 heteroatoms. The molecule has 0 aromatic carbocycles. The topological polar surface area (TPSA) is 204 Å². The highest BCUT2D eigenvalue weighted by atomic mass is 16.4. The van der Waals surface area contributed by atoms with Crippen molar-refractivity contribution in [3.63, 3.8) is 0 Å². The van der Waals surface area contributed by atoms with Crippen LogP contribution in [0.5, 0.6) is 0 Å². The van der Waals surface area contributed by atoms with Gasteiger partial charge < -0.3 is 35.5 Å². The first-order valence-electron chi connectivity index (χ1n) is 7.25. The third kappa shape index (κ3) is 9.10. The van der Waals surface area contributed by atoms with Gasteiger partial charge in [-0.2, -0.15) is 0 Å². The molecule has 0 radical (unpaired) electrons. The normalized spacial score (nSPS) is 13.5. The molecule has 144 valence electrons. The van der Waals surface area contributed by atoms with Crippen LogP contribution in [0, 0.1) is 5.92 Å². The second-order valence-electron chi connectivity index (χ2n) is 5.22. The van der Waals surface area contributed by atoms with Crippen molar-refractivity contribution in [2.75, 3.05) is 0 Å². The van der Waals surface area contributed by atoms with Crippen LogP contribution in [-0.2, 0) is 33.6 Å².